The molecule has 2 aromatic rings. The average molecular weight is 383 g/mol. The third kappa shape index (κ3) is 4.53. The number of nitro groups is 1. The molecule has 2 unspecified atom stereocenters. The van der Waals surface area contributed by atoms with Crippen LogP contribution in [0.5, 0.6) is 0 Å². The topological polar surface area (TPSA) is 97.2 Å². The number of carbonyl (C=O) groups is 1. The van der Waals surface area contributed by atoms with Crippen molar-refractivity contribution in [3.05, 3.63) is 45.5 Å². The molecule has 7 nitrogen and oxygen atoms in total. The number of piperidine rings is 1. The summed E-state index contributed by atoms with van der Waals surface area (Å²) in [5, 5.41) is 19.5. The van der Waals surface area contributed by atoms with Crippen molar-refractivity contribution in [3.8, 4) is 10.6 Å². The minimum absolute atomic E-state index is 0. The molecule has 2 heterocycles. The Hall–Kier alpha value is -2.03. The maximum Gasteiger partial charge on any atom is 0.271 e. The minimum atomic E-state index is -0.441. The van der Waals surface area contributed by atoms with Crippen molar-refractivity contribution in [3.63, 3.8) is 0 Å². The van der Waals surface area contributed by atoms with Crippen molar-refractivity contribution >= 4 is 35.3 Å². The molecule has 3 rings (SSSR count). The minimum Gasteiger partial charge on any atom is -0.346 e. The lowest BCUT2D eigenvalue weighted by Gasteiger charge is -2.30. The molecule has 0 spiro atoms. The number of carbonyl (C=O) groups excluding carboxylic acids is 1. The quantitative estimate of drug-likeness (QED) is 0.625. The molecule has 2 N–H and O–H groups in total. The van der Waals surface area contributed by atoms with Gasteiger partial charge in [0.2, 0.25) is 0 Å². The summed E-state index contributed by atoms with van der Waals surface area (Å²) < 4.78 is 0. The number of nitrogens with zero attached hydrogens (tertiary/aromatic N) is 2. The lowest BCUT2D eigenvalue weighted by atomic mass is 10.00. The molecule has 0 radical (unpaired) electrons. The van der Waals surface area contributed by atoms with E-state index in [0.29, 0.717) is 10.7 Å². The Morgan fingerprint density at radius 1 is 1.40 bits per heavy atom. The van der Waals surface area contributed by atoms with Crippen molar-refractivity contribution < 1.29 is 9.72 Å². The second kappa shape index (κ2) is 8.37. The molecule has 9 heteroatoms. The van der Waals surface area contributed by atoms with Crippen molar-refractivity contribution in [1.29, 1.82) is 0 Å². The molecular formula is C16H19ClN4O3S. The molecule has 0 saturated carbocycles. The maximum absolute atomic E-state index is 12.4. The van der Waals surface area contributed by atoms with Crippen molar-refractivity contribution in [1.82, 2.24) is 15.6 Å². The molecule has 1 saturated heterocycles. The molecule has 1 aliphatic rings. The van der Waals surface area contributed by atoms with Crippen LogP contribution < -0.4 is 10.6 Å². The standard InChI is InChI=1S/C16H18N4O3S.ClH/c1-10-13(3-2-8-17-10)18-15(21)14-9-24-16(19-14)11-4-6-12(7-5-11)20(22)23;/h4-7,9-10,13,17H,2-3,8H2,1H3,(H,18,21);1H. The zero-order valence-electron chi connectivity index (χ0n) is 13.6. The van der Waals surface area contributed by atoms with Gasteiger partial charge in [-0.3, -0.25) is 14.9 Å². The van der Waals surface area contributed by atoms with Crippen LogP contribution in [-0.4, -0.2) is 34.4 Å². The predicted molar refractivity (Wildman–Crippen MR) is 99.4 cm³/mol. The Labute approximate surface area is 155 Å². The maximum atomic E-state index is 12.4. The molecular weight excluding hydrogens is 364 g/mol. The molecule has 1 amide bonds. The smallest absolute Gasteiger partial charge is 0.271 e. The zero-order valence-corrected chi connectivity index (χ0v) is 15.2. The van der Waals surface area contributed by atoms with Gasteiger partial charge in [-0.25, -0.2) is 4.98 Å². The second-order valence-corrected chi connectivity index (χ2v) is 6.66. The van der Waals surface area contributed by atoms with E-state index >= 15 is 0 Å². The van der Waals surface area contributed by atoms with Crippen LogP contribution in [0, 0.1) is 10.1 Å². The van der Waals surface area contributed by atoms with Gasteiger partial charge < -0.3 is 10.6 Å². The first kappa shape index (κ1) is 19.3. The monoisotopic (exact) mass is 382 g/mol. The summed E-state index contributed by atoms with van der Waals surface area (Å²) in [6, 6.07) is 6.51. The Bertz CT molecular complexity index is 750. The number of rotatable bonds is 4. The van der Waals surface area contributed by atoms with Crippen LogP contribution in [0.15, 0.2) is 29.6 Å². The Balaban J connectivity index is 0.00000225. The van der Waals surface area contributed by atoms with Gasteiger partial charge in [0.05, 0.1) is 4.92 Å². The SMILES string of the molecule is CC1NCCCC1NC(=O)c1csc(-c2ccc([N+](=O)[O-])cc2)n1.Cl. The summed E-state index contributed by atoms with van der Waals surface area (Å²) in [5.74, 6) is -0.181. The normalized spacial score (nSPS) is 19.7. The van der Waals surface area contributed by atoms with Gasteiger partial charge in [0.1, 0.15) is 10.7 Å². The number of thiazole rings is 1. The van der Waals surface area contributed by atoms with Gasteiger partial charge in [-0.2, -0.15) is 0 Å². The fourth-order valence-electron chi connectivity index (χ4n) is 2.72. The number of halogens is 1. The van der Waals surface area contributed by atoms with Gasteiger partial charge in [-0.15, -0.1) is 23.7 Å². The van der Waals surface area contributed by atoms with Crippen LogP contribution >= 0.6 is 23.7 Å². The number of hydrogen-bond donors (Lipinski definition) is 2. The van der Waals surface area contributed by atoms with E-state index in [9.17, 15) is 14.9 Å². The number of aromatic nitrogens is 1. The van der Waals surface area contributed by atoms with Crippen LogP contribution in [-0.2, 0) is 0 Å². The Kier molecular flexibility index (Phi) is 6.46. The summed E-state index contributed by atoms with van der Waals surface area (Å²) in [6.07, 6.45) is 2.00. The fraction of sp³-hybridized carbons (Fsp3) is 0.375. The first-order valence-corrected chi connectivity index (χ1v) is 8.67. The predicted octanol–water partition coefficient (Wildman–Crippen LogP) is 3.01. The van der Waals surface area contributed by atoms with E-state index < -0.39 is 4.92 Å². The molecule has 0 bridgehead atoms. The summed E-state index contributed by atoms with van der Waals surface area (Å²) in [6.45, 7) is 3.04. The molecule has 0 aliphatic carbocycles. The van der Waals surface area contributed by atoms with Crippen molar-refractivity contribution in [2.75, 3.05) is 6.54 Å². The third-order valence-corrected chi connectivity index (χ3v) is 5.03. The summed E-state index contributed by atoms with van der Waals surface area (Å²) in [7, 11) is 0. The Morgan fingerprint density at radius 2 is 2.12 bits per heavy atom. The van der Waals surface area contributed by atoms with Gasteiger partial charge in [0, 0.05) is 35.2 Å². The van der Waals surface area contributed by atoms with Crippen LogP contribution in [0.2, 0.25) is 0 Å². The first-order valence-electron chi connectivity index (χ1n) is 7.79. The lowest BCUT2D eigenvalue weighted by Crippen LogP contribution is -2.51. The highest BCUT2D eigenvalue weighted by molar-refractivity contribution is 7.13. The number of benzene rings is 1. The number of non-ortho nitro benzene ring substituents is 1. The molecule has 2 atom stereocenters. The zero-order chi connectivity index (χ0) is 17.1. The van der Waals surface area contributed by atoms with Gasteiger partial charge in [-0.1, -0.05) is 0 Å². The van der Waals surface area contributed by atoms with Gasteiger partial charge >= 0.3 is 0 Å². The molecule has 1 fully saturated rings. The van der Waals surface area contributed by atoms with Gasteiger partial charge in [0.15, 0.2) is 0 Å². The number of nitro benzene ring substituents is 1. The molecule has 1 aliphatic heterocycles. The van der Waals surface area contributed by atoms with Crippen LogP contribution in [0.25, 0.3) is 10.6 Å². The Morgan fingerprint density at radius 3 is 2.76 bits per heavy atom. The van der Waals surface area contributed by atoms with Crippen LogP contribution in [0.1, 0.15) is 30.3 Å². The number of nitrogens with one attached hydrogen (secondary N) is 2. The molecule has 25 heavy (non-hydrogen) atoms. The van der Waals surface area contributed by atoms with E-state index in [-0.39, 0.29) is 36.1 Å². The second-order valence-electron chi connectivity index (χ2n) is 5.81. The summed E-state index contributed by atoms with van der Waals surface area (Å²) >= 11 is 1.35. The average Bonchev–Trinajstić information content (AvgIpc) is 3.07. The highest BCUT2D eigenvalue weighted by Crippen LogP contribution is 2.25. The van der Waals surface area contributed by atoms with Gasteiger partial charge in [0.25, 0.3) is 11.6 Å². The van der Waals surface area contributed by atoms with E-state index in [1.54, 1.807) is 17.5 Å². The molecule has 134 valence electrons. The van der Waals surface area contributed by atoms with E-state index in [0.717, 1.165) is 24.9 Å². The number of hydrogen-bond acceptors (Lipinski definition) is 6. The number of amides is 1. The summed E-state index contributed by atoms with van der Waals surface area (Å²) in [5.41, 5.74) is 1.18. The van der Waals surface area contributed by atoms with Crippen LogP contribution in [0.3, 0.4) is 0 Å². The van der Waals surface area contributed by atoms with E-state index in [1.807, 2.05) is 0 Å². The van der Waals surface area contributed by atoms with E-state index in [1.165, 1.54) is 23.5 Å². The highest BCUT2D eigenvalue weighted by Gasteiger charge is 2.23. The third-order valence-electron chi connectivity index (χ3n) is 4.14. The van der Waals surface area contributed by atoms with E-state index in [4.69, 9.17) is 0 Å². The first-order chi connectivity index (χ1) is 11.5. The van der Waals surface area contributed by atoms with Crippen molar-refractivity contribution in [2.24, 2.45) is 0 Å². The lowest BCUT2D eigenvalue weighted by molar-refractivity contribution is -0.384. The van der Waals surface area contributed by atoms with Crippen molar-refractivity contribution in [2.45, 2.75) is 31.8 Å². The largest absolute Gasteiger partial charge is 0.346 e. The molecule has 1 aromatic heterocycles. The fourth-order valence-corrected chi connectivity index (χ4v) is 3.53. The van der Waals surface area contributed by atoms with Crippen LogP contribution in [0.4, 0.5) is 5.69 Å². The van der Waals surface area contributed by atoms with Gasteiger partial charge in [-0.05, 0) is 38.4 Å². The van der Waals surface area contributed by atoms with E-state index in [2.05, 4.69) is 22.5 Å². The highest BCUT2D eigenvalue weighted by atomic mass is 35.5. The summed E-state index contributed by atoms with van der Waals surface area (Å²) in [4.78, 5) is 27.0. The molecule has 1 aromatic carbocycles.